The lowest BCUT2D eigenvalue weighted by molar-refractivity contribution is 0.423. The molecule has 2 rings (SSSR count). The molecule has 0 bridgehead atoms. The third-order valence-corrected chi connectivity index (χ3v) is 2.34. The largest absolute Gasteiger partial charge is 0.494 e. The zero-order valence-electron chi connectivity index (χ0n) is 8.34. The molecule has 0 saturated carbocycles. The maximum Gasteiger partial charge on any atom is 0.253 e. The number of benzene rings is 1. The van der Waals surface area contributed by atoms with E-state index in [0.29, 0.717) is 0 Å². The van der Waals surface area contributed by atoms with Crippen molar-refractivity contribution >= 4 is 0 Å². The Bertz CT molecular complexity index is 529. The van der Waals surface area contributed by atoms with Crippen molar-refractivity contribution in [3.63, 3.8) is 0 Å². The summed E-state index contributed by atoms with van der Waals surface area (Å²) in [6.07, 6.45) is 0. The van der Waals surface area contributed by atoms with Crippen molar-refractivity contribution in [3.8, 4) is 17.0 Å². The van der Waals surface area contributed by atoms with Gasteiger partial charge in [0.1, 0.15) is 0 Å². The smallest absolute Gasteiger partial charge is 0.253 e. The molecule has 76 valence electrons. The fourth-order valence-corrected chi connectivity index (χ4v) is 1.42. The van der Waals surface area contributed by atoms with Crippen LogP contribution in [-0.2, 0) is 7.05 Å². The first-order chi connectivity index (χ1) is 7.18. The van der Waals surface area contributed by atoms with E-state index in [4.69, 9.17) is 0 Å². The Kier molecular flexibility index (Phi) is 2.29. The Balaban J connectivity index is 2.61. The summed E-state index contributed by atoms with van der Waals surface area (Å²) >= 11 is 0. The van der Waals surface area contributed by atoms with Crippen molar-refractivity contribution < 1.29 is 5.11 Å². The lowest BCUT2D eigenvalue weighted by Crippen LogP contribution is -2.14. The van der Waals surface area contributed by atoms with Crippen LogP contribution in [0.3, 0.4) is 0 Å². The fourth-order valence-electron chi connectivity index (χ4n) is 1.42. The number of pyridine rings is 1. The summed E-state index contributed by atoms with van der Waals surface area (Å²) < 4.78 is 1.20. The molecule has 3 heteroatoms. The molecule has 0 amide bonds. The van der Waals surface area contributed by atoms with Gasteiger partial charge in [0.05, 0.1) is 0 Å². The molecule has 0 unspecified atom stereocenters. The van der Waals surface area contributed by atoms with Gasteiger partial charge in [-0.1, -0.05) is 30.3 Å². The third-order valence-electron chi connectivity index (χ3n) is 2.34. The summed E-state index contributed by atoms with van der Waals surface area (Å²) in [5, 5.41) is 9.51. The van der Waals surface area contributed by atoms with Gasteiger partial charge in [-0.3, -0.25) is 9.36 Å². The van der Waals surface area contributed by atoms with Gasteiger partial charge in [-0.15, -0.1) is 0 Å². The molecule has 3 nitrogen and oxygen atoms in total. The van der Waals surface area contributed by atoms with E-state index in [1.807, 2.05) is 30.3 Å². The maximum atomic E-state index is 11.4. The summed E-state index contributed by atoms with van der Waals surface area (Å²) in [6, 6.07) is 12.6. The Morgan fingerprint density at radius 3 is 2.33 bits per heavy atom. The first-order valence-electron chi connectivity index (χ1n) is 4.64. The van der Waals surface area contributed by atoms with Gasteiger partial charge in [0, 0.05) is 19.2 Å². The van der Waals surface area contributed by atoms with Crippen molar-refractivity contribution in [3.05, 3.63) is 52.8 Å². The van der Waals surface area contributed by atoms with Crippen molar-refractivity contribution in [2.24, 2.45) is 7.05 Å². The lowest BCUT2D eigenvalue weighted by Gasteiger charge is -2.05. The third kappa shape index (κ3) is 1.76. The summed E-state index contributed by atoms with van der Waals surface area (Å²) in [7, 11) is 1.53. The second kappa shape index (κ2) is 3.61. The molecule has 0 aliphatic carbocycles. The Morgan fingerprint density at radius 1 is 1.07 bits per heavy atom. The van der Waals surface area contributed by atoms with Crippen LogP contribution in [0.15, 0.2) is 47.3 Å². The van der Waals surface area contributed by atoms with Gasteiger partial charge in [-0.05, 0) is 11.1 Å². The molecule has 0 spiro atoms. The molecule has 0 atom stereocenters. The first-order valence-corrected chi connectivity index (χ1v) is 4.64. The van der Waals surface area contributed by atoms with Crippen molar-refractivity contribution in [1.82, 2.24) is 4.57 Å². The van der Waals surface area contributed by atoms with Gasteiger partial charge < -0.3 is 5.11 Å². The number of aromatic nitrogens is 1. The summed E-state index contributed by atoms with van der Waals surface area (Å²) in [4.78, 5) is 11.4. The molecule has 1 aromatic carbocycles. The normalized spacial score (nSPS) is 10.2. The Morgan fingerprint density at radius 2 is 1.73 bits per heavy atom. The van der Waals surface area contributed by atoms with Crippen LogP contribution in [0.2, 0.25) is 0 Å². The van der Waals surface area contributed by atoms with Gasteiger partial charge in [-0.25, -0.2) is 0 Å². The van der Waals surface area contributed by atoms with Crippen LogP contribution in [0.4, 0.5) is 0 Å². The summed E-state index contributed by atoms with van der Waals surface area (Å²) in [5.41, 5.74) is 1.44. The number of hydrogen-bond donors (Lipinski definition) is 1. The number of aromatic hydroxyl groups is 1. The van der Waals surface area contributed by atoms with E-state index in [1.165, 1.54) is 17.7 Å². The average molecular weight is 201 g/mol. The quantitative estimate of drug-likeness (QED) is 0.763. The van der Waals surface area contributed by atoms with Gasteiger partial charge >= 0.3 is 0 Å². The zero-order valence-corrected chi connectivity index (χ0v) is 8.34. The molecule has 1 N–H and O–H groups in total. The van der Waals surface area contributed by atoms with Crippen LogP contribution in [0.1, 0.15) is 0 Å². The molecule has 0 radical (unpaired) electrons. The highest BCUT2D eigenvalue weighted by atomic mass is 16.3. The highest BCUT2D eigenvalue weighted by Gasteiger charge is 2.03. The van der Waals surface area contributed by atoms with Crippen molar-refractivity contribution in [1.29, 1.82) is 0 Å². The van der Waals surface area contributed by atoms with E-state index in [-0.39, 0.29) is 11.4 Å². The predicted molar refractivity (Wildman–Crippen MR) is 58.8 cm³/mol. The Hall–Kier alpha value is -2.03. The molecule has 2 aromatic rings. The maximum absolute atomic E-state index is 11.4. The van der Waals surface area contributed by atoms with E-state index >= 15 is 0 Å². The van der Waals surface area contributed by atoms with Crippen LogP contribution in [-0.4, -0.2) is 9.67 Å². The zero-order chi connectivity index (χ0) is 10.8. The minimum atomic E-state index is -0.214. The first kappa shape index (κ1) is 9.52. The Labute approximate surface area is 87.2 Å². The highest BCUT2D eigenvalue weighted by Crippen LogP contribution is 2.20. The van der Waals surface area contributed by atoms with Gasteiger partial charge in [0.2, 0.25) is 0 Å². The fraction of sp³-hybridized carbons (Fsp3) is 0.0833. The lowest BCUT2D eigenvalue weighted by atomic mass is 10.1. The monoisotopic (exact) mass is 201 g/mol. The standard InChI is InChI=1S/C12H11NO2/c1-13-11(14)7-10(8-12(13)15)9-5-3-2-4-6-9/h2-8,14H,1H3. The molecule has 0 aliphatic rings. The number of hydrogen-bond acceptors (Lipinski definition) is 2. The average Bonchev–Trinajstić information content (AvgIpc) is 2.26. The van der Waals surface area contributed by atoms with Crippen LogP contribution >= 0.6 is 0 Å². The van der Waals surface area contributed by atoms with Gasteiger partial charge in [0.25, 0.3) is 5.56 Å². The van der Waals surface area contributed by atoms with Crippen LogP contribution in [0, 0.1) is 0 Å². The van der Waals surface area contributed by atoms with Crippen LogP contribution in [0.25, 0.3) is 11.1 Å². The molecular weight excluding hydrogens is 190 g/mol. The minimum Gasteiger partial charge on any atom is -0.494 e. The molecule has 0 fully saturated rings. The van der Waals surface area contributed by atoms with E-state index in [1.54, 1.807) is 6.07 Å². The second-order valence-electron chi connectivity index (χ2n) is 3.37. The van der Waals surface area contributed by atoms with Crippen molar-refractivity contribution in [2.75, 3.05) is 0 Å². The predicted octanol–water partition coefficient (Wildman–Crippen LogP) is 1.76. The molecule has 15 heavy (non-hydrogen) atoms. The van der Waals surface area contributed by atoms with Gasteiger partial charge in [0.15, 0.2) is 5.88 Å². The second-order valence-corrected chi connectivity index (χ2v) is 3.37. The molecule has 0 aliphatic heterocycles. The number of nitrogens with zero attached hydrogens (tertiary/aromatic N) is 1. The van der Waals surface area contributed by atoms with E-state index in [0.717, 1.165) is 11.1 Å². The van der Waals surface area contributed by atoms with E-state index in [9.17, 15) is 9.90 Å². The molecule has 1 heterocycles. The molecular formula is C12H11NO2. The minimum absolute atomic E-state index is 0.0265. The van der Waals surface area contributed by atoms with Crippen molar-refractivity contribution in [2.45, 2.75) is 0 Å². The summed E-state index contributed by atoms with van der Waals surface area (Å²) in [6.45, 7) is 0. The topological polar surface area (TPSA) is 42.2 Å². The summed E-state index contributed by atoms with van der Waals surface area (Å²) in [5.74, 6) is -0.0265. The molecule has 1 aromatic heterocycles. The van der Waals surface area contributed by atoms with E-state index in [2.05, 4.69) is 0 Å². The number of rotatable bonds is 1. The molecule has 0 saturated heterocycles. The van der Waals surface area contributed by atoms with Crippen LogP contribution < -0.4 is 5.56 Å². The SMILES string of the molecule is Cn1c(O)cc(-c2ccccc2)cc1=O. The van der Waals surface area contributed by atoms with Gasteiger partial charge in [-0.2, -0.15) is 0 Å². The highest BCUT2D eigenvalue weighted by molar-refractivity contribution is 5.63. The van der Waals surface area contributed by atoms with Crippen LogP contribution in [0.5, 0.6) is 5.88 Å². The van der Waals surface area contributed by atoms with E-state index < -0.39 is 0 Å².